The number of hydrogen-bond acceptors (Lipinski definition) is 5. The summed E-state index contributed by atoms with van der Waals surface area (Å²) in [5, 5.41) is 3.00. The normalized spacial score (nSPS) is 12.9. The molecule has 3 aromatic rings. The van der Waals surface area contributed by atoms with Crippen LogP contribution < -0.4 is 10.2 Å². The van der Waals surface area contributed by atoms with Crippen LogP contribution in [-0.4, -0.2) is 46.2 Å². The molecule has 0 atom stereocenters. The molecule has 0 saturated heterocycles. The zero-order valence-electron chi connectivity index (χ0n) is 19.9. The Morgan fingerprint density at radius 1 is 1.14 bits per heavy atom. The van der Waals surface area contributed by atoms with Gasteiger partial charge in [0.05, 0.1) is 12.2 Å². The maximum atomic E-state index is 14.7. The van der Waals surface area contributed by atoms with Gasteiger partial charge in [0.15, 0.2) is 11.0 Å². The molecule has 1 aliphatic rings. The lowest BCUT2D eigenvalue weighted by Crippen LogP contribution is -2.43. The molecule has 0 radical (unpaired) electrons. The van der Waals surface area contributed by atoms with E-state index < -0.39 is 23.4 Å². The Morgan fingerprint density at radius 2 is 1.83 bits per heavy atom. The topological polar surface area (TPSA) is 78.4 Å². The van der Waals surface area contributed by atoms with Gasteiger partial charge in [-0.05, 0) is 56.9 Å². The highest BCUT2D eigenvalue weighted by Gasteiger charge is 2.34. The van der Waals surface area contributed by atoms with Gasteiger partial charge in [-0.2, -0.15) is 0 Å². The summed E-state index contributed by atoms with van der Waals surface area (Å²) in [4.78, 5) is 37.6. The van der Waals surface area contributed by atoms with Gasteiger partial charge in [0.25, 0.3) is 5.91 Å². The minimum atomic E-state index is -0.887. The Bertz CT molecular complexity index is 1290. The Balaban J connectivity index is 1.94. The van der Waals surface area contributed by atoms with Crippen LogP contribution in [0.3, 0.4) is 0 Å². The second kappa shape index (κ2) is 9.99. The van der Waals surface area contributed by atoms with Gasteiger partial charge in [-0.3, -0.25) is 4.79 Å². The van der Waals surface area contributed by atoms with Gasteiger partial charge >= 0.3 is 6.03 Å². The molecule has 0 saturated carbocycles. The third-order valence-corrected chi connectivity index (χ3v) is 6.48. The zero-order chi connectivity index (χ0) is 25.3. The minimum absolute atomic E-state index is 0.0678. The smallest absolute Gasteiger partial charge is 0.328 e. The van der Waals surface area contributed by atoms with Crippen molar-refractivity contribution in [3.8, 4) is 11.3 Å². The number of rotatable bonds is 6. The molecule has 182 valence electrons. The van der Waals surface area contributed by atoms with Crippen LogP contribution in [0.25, 0.3) is 11.3 Å². The van der Waals surface area contributed by atoms with Gasteiger partial charge in [0.2, 0.25) is 0 Å². The summed E-state index contributed by atoms with van der Waals surface area (Å²) in [5.41, 5.74) is 2.53. The van der Waals surface area contributed by atoms with Crippen molar-refractivity contribution in [2.45, 2.75) is 32.5 Å². The number of hydrogen-bond donors (Lipinski definition) is 1. The van der Waals surface area contributed by atoms with Crippen molar-refractivity contribution in [3.05, 3.63) is 64.7 Å². The van der Waals surface area contributed by atoms with E-state index in [1.54, 1.807) is 23.3 Å². The molecule has 2 aromatic carbocycles. The molecule has 0 fully saturated rings. The Labute approximate surface area is 206 Å². The Hall–Kier alpha value is -3.53. The van der Waals surface area contributed by atoms with E-state index in [0.29, 0.717) is 40.6 Å². The van der Waals surface area contributed by atoms with Crippen LogP contribution >= 0.6 is 11.8 Å². The van der Waals surface area contributed by atoms with E-state index in [-0.39, 0.29) is 18.3 Å². The van der Waals surface area contributed by atoms with Crippen LogP contribution in [0.2, 0.25) is 0 Å². The molecule has 3 amide bonds. The zero-order valence-corrected chi connectivity index (χ0v) is 20.7. The van der Waals surface area contributed by atoms with Crippen molar-refractivity contribution in [2.75, 3.05) is 24.2 Å². The van der Waals surface area contributed by atoms with E-state index in [4.69, 9.17) is 0 Å². The molecule has 1 aliphatic heterocycles. The van der Waals surface area contributed by atoms with Crippen molar-refractivity contribution in [1.82, 2.24) is 20.2 Å². The van der Waals surface area contributed by atoms with Crippen molar-refractivity contribution in [3.63, 3.8) is 0 Å². The van der Waals surface area contributed by atoms with E-state index in [1.807, 2.05) is 26.8 Å². The van der Waals surface area contributed by atoms with Crippen molar-refractivity contribution >= 4 is 35.2 Å². The minimum Gasteiger partial charge on any atom is -0.339 e. The van der Waals surface area contributed by atoms with Gasteiger partial charge in [0, 0.05) is 29.8 Å². The van der Waals surface area contributed by atoms with E-state index in [2.05, 4.69) is 15.3 Å². The van der Waals surface area contributed by atoms with Gasteiger partial charge in [-0.15, -0.1) is 0 Å². The van der Waals surface area contributed by atoms with Crippen LogP contribution in [0.5, 0.6) is 0 Å². The summed E-state index contributed by atoms with van der Waals surface area (Å²) >= 11 is 1.24. The molecule has 7 nitrogen and oxygen atoms in total. The summed E-state index contributed by atoms with van der Waals surface area (Å²) in [7, 11) is 0. The van der Waals surface area contributed by atoms with Gasteiger partial charge in [-0.1, -0.05) is 23.9 Å². The number of fused-ring (bicyclic) bond motifs is 1. The summed E-state index contributed by atoms with van der Waals surface area (Å²) in [5.74, 6) is -1.77. The number of para-hydroxylation sites is 1. The van der Waals surface area contributed by atoms with Crippen LogP contribution in [0.15, 0.2) is 41.6 Å². The number of urea groups is 1. The molecule has 10 heteroatoms. The molecule has 0 unspecified atom stereocenters. The van der Waals surface area contributed by atoms with Crippen LogP contribution in [0.1, 0.15) is 35.3 Å². The van der Waals surface area contributed by atoms with Crippen LogP contribution in [0, 0.1) is 18.6 Å². The lowest BCUT2D eigenvalue weighted by atomic mass is 9.97. The van der Waals surface area contributed by atoms with Gasteiger partial charge in [-0.25, -0.2) is 28.4 Å². The van der Waals surface area contributed by atoms with E-state index in [0.717, 1.165) is 22.6 Å². The highest BCUT2D eigenvalue weighted by Crippen LogP contribution is 2.39. The van der Waals surface area contributed by atoms with Crippen molar-refractivity contribution in [1.29, 1.82) is 0 Å². The van der Waals surface area contributed by atoms with Crippen LogP contribution in [0.4, 0.5) is 25.1 Å². The highest BCUT2D eigenvalue weighted by atomic mass is 32.2. The fraction of sp³-hybridized carbons (Fsp3) is 0.280. The standard InChI is InChI=1S/C25H25F2N5O2S/c1-5-31(6-2)23(33)15-11-10-14(3)16(12-15)20-17-13-28-25(34)32(22(17)30-24(29-20)35-4)21-18(26)8-7-9-19(21)27/h7-12H,5-6,13H2,1-4H3,(H,28,34). The number of carbonyl (C=O) groups is 2. The lowest BCUT2D eigenvalue weighted by molar-refractivity contribution is 0.0773. The monoisotopic (exact) mass is 497 g/mol. The molecule has 1 N–H and O–H groups in total. The fourth-order valence-corrected chi connectivity index (χ4v) is 4.43. The highest BCUT2D eigenvalue weighted by molar-refractivity contribution is 7.98. The number of benzene rings is 2. The van der Waals surface area contributed by atoms with Crippen molar-refractivity contribution < 1.29 is 18.4 Å². The first-order valence-electron chi connectivity index (χ1n) is 11.2. The first kappa shape index (κ1) is 24.6. The number of nitrogens with one attached hydrogen (secondary N) is 1. The summed E-state index contributed by atoms with van der Waals surface area (Å²) < 4.78 is 29.4. The number of anilines is 2. The molecule has 0 bridgehead atoms. The largest absolute Gasteiger partial charge is 0.339 e. The summed E-state index contributed by atoms with van der Waals surface area (Å²) in [6.45, 7) is 6.95. The predicted molar refractivity (Wildman–Crippen MR) is 132 cm³/mol. The summed E-state index contributed by atoms with van der Waals surface area (Å²) in [6, 6.07) is 8.10. The molecular weight excluding hydrogens is 472 g/mol. The third kappa shape index (κ3) is 4.45. The maximum Gasteiger partial charge on any atom is 0.328 e. The second-order valence-electron chi connectivity index (χ2n) is 7.93. The Morgan fingerprint density at radius 3 is 2.46 bits per heavy atom. The molecule has 0 aliphatic carbocycles. The lowest BCUT2D eigenvalue weighted by Gasteiger charge is -2.31. The quantitative estimate of drug-likeness (QED) is 0.370. The number of amides is 3. The molecule has 4 rings (SSSR count). The molecule has 2 heterocycles. The Kier molecular flexibility index (Phi) is 7.02. The number of nitrogens with zero attached hydrogens (tertiary/aromatic N) is 4. The van der Waals surface area contributed by atoms with Crippen LogP contribution in [-0.2, 0) is 6.54 Å². The van der Waals surface area contributed by atoms with Crippen molar-refractivity contribution in [2.24, 2.45) is 0 Å². The molecule has 0 spiro atoms. The predicted octanol–water partition coefficient (Wildman–Crippen LogP) is 5.30. The summed E-state index contributed by atoms with van der Waals surface area (Å²) in [6.07, 6.45) is 1.77. The number of aromatic nitrogens is 2. The van der Waals surface area contributed by atoms with E-state index in [9.17, 15) is 18.4 Å². The number of carbonyl (C=O) groups excluding carboxylic acids is 2. The van der Waals surface area contributed by atoms with E-state index in [1.165, 1.54) is 17.8 Å². The first-order valence-corrected chi connectivity index (χ1v) is 12.4. The molecule has 1 aromatic heterocycles. The third-order valence-electron chi connectivity index (χ3n) is 5.93. The average molecular weight is 498 g/mol. The number of aryl methyl sites for hydroxylation is 1. The SMILES string of the molecule is CCN(CC)C(=O)c1ccc(C)c(-c2nc(SC)nc3c2CNC(=O)N3c2c(F)cccc2F)c1. The number of halogens is 2. The fourth-order valence-electron chi connectivity index (χ4n) is 4.07. The molecule has 35 heavy (non-hydrogen) atoms. The first-order chi connectivity index (χ1) is 16.8. The van der Waals surface area contributed by atoms with Gasteiger partial charge in [0.1, 0.15) is 17.3 Å². The maximum absolute atomic E-state index is 14.7. The second-order valence-corrected chi connectivity index (χ2v) is 8.71. The van der Waals surface area contributed by atoms with Gasteiger partial charge < -0.3 is 10.2 Å². The molecular formula is C25H25F2N5O2S. The van der Waals surface area contributed by atoms with E-state index >= 15 is 0 Å². The average Bonchev–Trinajstić information content (AvgIpc) is 2.85. The number of thioether (sulfide) groups is 1.